The summed E-state index contributed by atoms with van der Waals surface area (Å²) in [4.78, 5) is 15.7. The number of amides is 1. The summed E-state index contributed by atoms with van der Waals surface area (Å²) in [6.07, 6.45) is 1.62. The van der Waals surface area contributed by atoms with E-state index in [0.29, 0.717) is 12.2 Å². The number of hydrogen-bond acceptors (Lipinski definition) is 3. The fourth-order valence-corrected chi connectivity index (χ4v) is 1.08. The van der Waals surface area contributed by atoms with E-state index in [0.717, 1.165) is 5.56 Å². The van der Waals surface area contributed by atoms with Gasteiger partial charge < -0.3 is 11.1 Å². The zero-order valence-corrected chi connectivity index (χ0v) is 9.37. The largest absolute Gasteiger partial charge is 0.346 e. The van der Waals surface area contributed by atoms with Crippen LogP contribution in [0.25, 0.3) is 0 Å². The van der Waals surface area contributed by atoms with Gasteiger partial charge in [-0.2, -0.15) is 0 Å². The average molecular weight is 207 g/mol. The van der Waals surface area contributed by atoms with Crippen LogP contribution in [0.4, 0.5) is 0 Å². The molecule has 1 aromatic heterocycles. The van der Waals surface area contributed by atoms with Crippen molar-refractivity contribution >= 4 is 5.91 Å². The van der Waals surface area contributed by atoms with Crippen LogP contribution >= 0.6 is 0 Å². The molecule has 1 aromatic rings. The van der Waals surface area contributed by atoms with Crippen LogP contribution in [0.3, 0.4) is 0 Å². The quantitative estimate of drug-likeness (QED) is 0.762. The summed E-state index contributed by atoms with van der Waals surface area (Å²) in [5, 5.41) is 2.84. The molecule has 0 radical (unpaired) electrons. The molecule has 1 amide bonds. The second-order valence-electron chi connectivity index (χ2n) is 4.46. The first-order valence-electron chi connectivity index (χ1n) is 4.90. The highest BCUT2D eigenvalue weighted by atomic mass is 16.2. The molecule has 0 spiro atoms. The Labute approximate surface area is 89.9 Å². The minimum absolute atomic E-state index is 0.161. The molecular weight excluding hydrogens is 190 g/mol. The molecular formula is C11H17N3O. The van der Waals surface area contributed by atoms with Crippen molar-refractivity contribution in [1.82, 2.24) is 10.3 Å². The molecule has 0 aliphatic heterocycles. The molecule has 0 saturated heterocycles. The zero-order chi connectivity index (χ0) is 11.5. The van der Waals surface area contributed by atoms with E-state index in [2.05, 4.69) is 10.3 Å². The summed E-state index contributed by atoms with van der Waals surface area (Å²) < 4.78 is 0. The smallest absolute Gasteiger partial charge is 0.270 e. The van der Waals surface area contributed by atoms with Crippen molar-refractivity contribution in [3.8, 4) is 0 Å². The molecule has 0 saturated carbocycles. The van der Waals surface area contributed by atoms with Gasteiger partial charge in [0.25, 0.3) is 5.91 Å². The molecule has 1 rings (SSSR count). The number of nitrogens with zero attached hydrogens (tertiary/aromatic N) is 1. The molecule has 0 atom stereocenters. The van der Waals surface area contributed by atoms with E-state index in [1.807, 2.05) is 26.8 Å². The lowest BCUT2D eigenvalue weighted by Gasteiger charge is -2.20. The van der Waals surface area contributed by atoms with Crippen LogP contribution in [-0.2, 0) is 6.54 Å². The summed E-state index contributed by atoms with van der Waals surface area (Å²) in [5.41, 5.74) is 6.53. The Morgan fingerprint density at radius 2 is 2.13 bits per heavy atom. The Kier molecular flexibility index (Phi) is 3.42. The summed E-state index contributed by atoms with van der Waals surface area (Å²) >= 11 is 0. The highest BCUT2D eigenvalue weighted by Crippen LogP contribution is 2.03. The molecule has 0 unspecified atom stereocenters. The second-order valence-corrected chi connectivity index (χ2v) is 4.46. The van der Waals surface area contributed by atoms with E-state index in [1.165, 1.54) is 0 Å². The normalized spacial score (nSPS) is 11.2. The maximum absolute atomic E-state index is 11.7. The van der Waals surface area contributed by atoms with Crippen LogP contribution in [-0.4, -0.2) is 16.4 Å². The number of aromatic nitrogens is 1. The van der Waals surface area contributed by atoms with Crippen LogP contribution < -0.4 is 11.1 Å². The first-order chi connectivity index (χ1) is 6.92. The van der Waals surface area contributed by atoms with E-state index in [-0.39, 0.29) is 11.4 Å². The summed E-state index contributed by atoms with van der Waals surface area (Å²) in [7, 11) is 0. The van der Waals surface area contributed by atoms with E-state index in [1.54, 1.807) is 12.3 Å². The van der Waals surface area contributed by atoms with Gasteiger partial charge in [0.05, 0.1) is 0 Å². The van der Waals surface area contributed by atoms with Crippen LogP contribution in [0.1, 0.15) is 36.8 Å². The minimum Gasteiger partial charge on any atom is -0.346 e. The Balaban J connectivity index is 2.75. The molecule has 0 aromatic carbocycles. The number of carbonyl (C=O) groups is 1. The number of pyridine rings is 1. The fraction of sp³-hybridized carbons (Fsp3) is 0.455. The van der Waals surface area contributed by atoms with Gasteiger partial charge in [-0.05, 0) is 32.4 Å². The van der Waals surface area contributed by atoms with Gasteiger partial charge in [0.2, 0.25) is 0 Å². The SMILES string of the molecule is CC(C)(C)NC(=O)c1ccc(CN)cn1. The van der Waals surface area contributed by atoms with Gasteiger partial charge in [0.1, 0.15) is 5.69 Å². The summed E-state index contributed by atoms with van der Waals surface area (Å²) in [6.45, 7) is 6.23. The monoisotopic (exact) mass is 207 g/mol. The van der Waals surface area contributed by atoms with Crippen LogP contribution in [0.2, 0.25) is 0 Å². The molecule has 4 heteroatoms. The molecule has 0 bridgehead atoms. The standard InChI is InChI=1S/C11H17N3O/c1-11(2,3)14-10(15)9-5-4-8(6-12)7-13-9/h4-5,7H,6,12H2,1-3H3,(H,14,15). The van der Waals surface area contributed by atoms with E-state index in [4.69, 9.17) is 5.73 Å². The van der Waals surface area contributed by atoms with Gasteiger partial charge in [-0.25, -0.2) is 0 Å². The van der Waals surface area contributed by atoms with Crippen molar-refractivity contribution in [1.29, 1.82) is 0 Å². The van der Waals surface area contributed by atoms with Gasteiger partial charge in [-0.3, -0.25) is 9.78 Å². The number of hydrogen-bond donors (Lipinski definition) is 2. The Bertz CT molecular complexity index is 338. The maximum Gasteiger partial charge on any atom is 0.270 e. The highest BCUT2D eigenvalue weighted by molar-refractivity contribution is 5.92. The Hall–Kier alpha value is -1.42. The maximum atomic E-state index is 11.7. The number of carbonyl (C=O) groups excluding carboxylic acids is 1. The minimum atomic E-state index is -0.245. The number of rotatable bonds is 2. The third kappa shape index (κ3) is 3.67. The van der Waals surface area contributed by atoms with Crippen molar-refractivity contribution < 1.29 is 4.79 Å². The topological polar surface area (TPSA) is 68.0 Å². The van der Waals surface area contributed by atoms with Gasteiger partial charge in [0.15, 0.2) is 0 Å². The predicted octanol–water partition coefficient (Wildman–Crippen LogP) is 1.07. The molecule has 0 aliphatic rings. The van der Waals surface area contributed by atoms with Gasteiger partial charge in [-0.1, -0.05) is 6.07 Å². The van der Waals surface area contributed by atoms with Crippen LogP contribution in [0.5, 0.6) is 0 Å². The molecule has 15 heavy (non-hydrogen) atoms. The van der Waals surface area contributed by atoms with E-state index < -0.39 is 0 Å². The first-order valence-corrected chi connectivity index (χ1v) is 4.90. The number of nitrogens with one attached hydrogen (secondary N) is 1. The molecule has 82 valence electrons. The molecule has 1 heterocycles. The van der Waals surface area contributed by atoms with Crippen molar-refractivity contribution in [3.05, 3.63) is 29.6 Å². The summed E-state index contributed by atoms with van der Waals surface area (Å²) in [5.74, 6) is -0.161. The van der Waals surface area contributed by atoms with E-state index >= 15 is 0 Å². The van der Waals surface area contributed by atoms with Gasteiger partial charge in [0, 0.05) is 18.3 Å². The van der Waals surface area contributed by atoms with Crippen molar-refractivity contribution in [3.63, 3.8) is 0 Å². The lowest BCUT2D eigenvalue weighted by molar-refractivity contribution is 0.0914. The molecule has 4 nitrogen and oxygen atoms in total. The highest BCUT2D eigenvalue weighted by Gasteiger charge is 2.15. The lowest BCUT2D eigenvalue weighted by atomic mass is 10.1. The lowest BCUT2D eigenvalue weighted by Crippen LogP contribution is -2.40. The predicted molar refractivity (Wildman–Crippen MR) is 59.3 cm³/mol. The van der Waals surface area contributed by atoms with Crippen molar-refractivity contribution in [2.45, 2.75) is 32.9 Å². The Morgan fingerprint density at radius 1 is 1.47 bits per heavy atom. The zero-order valence-electron chi connectivity index (χ0n) is 9.37. The van der Waals surface area contributed by atoms with E-state index in [9.17, 15) is 4.79 Å². The van der Waals surface area contributed by atoms with Crippen LogP contribution in [0, 0.1) is 0 Å². The molecule has 0 aliphatic carbocycles. The number of nitrogens with two attached hydrogens (primary N) is 1. The van der Waals surface area contributed by atoms with Crippen molar-refractivity contribution in [2.24, 2.45) is 5.73 Å². The molecule has 3 N–H and O–H groups in total. The van der Waals surface area contributed by atoms with Gasteiger partial charge in [-0.15, -0.1) is 0 Å². The average Bonchev–Trinajstić information content (AvgIpc) is 2.15. The fourth-order valence-electron chi connectivity index (χ4n) is 1.08. The third-order valence-corrected chi connectivity index (χ3v) is 1.78. The molecule has 0 fully saturated rings. The summed E-state index contributed by atoms with van der Waals surface area (Å²) in [6, 6.07) is 3.49. The first kappa shape index (κ1) is 11.7. The van der Waals surface area contributed by atoms with Gasteiger partial charge >= 0.3 is 0 Å². The third-order valence-electron chi connectivity index (χ3n) is 1.78. The van der Waals surface area contributed by atoms with Crippen molar-refractivity contribution in [2.75, 3.05) is 0 Å². The Morgan fingerprint density at radius 3 is 2.53 bits per heavy atom. The second kappa shape index (κ2) is 4.40. The van der Waals surface area contributed by atoms with Crippen LogP contribution in [0.15, 0.2) is 18.3 Å².